The third-order valence-electron chi connectivity index (χ3n) is 3.96. The zero-order valence-electron chi connectivity index (χ0n) is 14.3. The second-order valence-electron chi connectivity index (χ2n) is 5.65. The number of carbonyl (C=O) groups excluding carboxylic acids is 1. The maximum atomic E-state index is 12.6. The van der Waals surface area contributed by atoms with E-state index < -0.39 is 0 Å². The first-order valence-corrected chi connectivity index (χ1v) is 8.26. The van der Waals surface area contributed by atoms with Crippen molar-refractivity contribution in [2.75, 3.05) is 26.8 Å². The van der Waals surface area contributed by atoms with Gasteiger partial charge in [-0.3, -0.25) is 4.79 Å². The van der Waals surface area contributed by atoms with Crippen molar-refractivity contribution in [2.45, 2.75) is 19.4 Å². The zero-order chi connectivity index (χ0) is 17.6. The molecule has 3 rings (SSSR count). The van der Waals surface area contributed by atoms with Crippen LogP contribution in [0.15, 0.2) is 36.4 Å². The number of hydrogen-bond donors (Lipinski definition) is 0. The number of benzene rings is 1. The average Bonchev–Trinajstić information content (AvgIpc) is 3.11. The molecule has 25 heavy (non-hydrogen) atoms. The molecule has 132 valence electrons. The molecule has 0 radical (unpaired) electrons. The fourth-order valence-corrected chi connectivity index (χ4v) is 2.70. The highest BCUT2D eigenvalue weighted by Gasteiger charge is 2.28. The number of ether oxygens (including phenoxy) is 3. The van der Waals surface area contributed by atoms with Gasteiger partial charge in [0, 0.05) is 30.7 Å². The Morgan fingerprint density at radius 1 is 1.16 bits per heavy atom. The van der Waals surface area contributed by atoms with Gasteiger partial charge in [-0.1, -0.05) is 0 Å². The van der Waals surface area contributed by atoms with Crippen LogP contribution < -0.4 is 14.2 Å². The fourth-order valence-electron chi connectivity index (χ4n) is 2.70. The second kappa shape index (κ2) is 7.83. The summed E-state index contributed by atoms with van der Waals surface area (Å²) in [4.78, 5) is 14.4. The molecule has 1 fully saturated rings. The molecule has 1 aliphatic heterocycles. The van der Waals surface area contributed by atoms with Crippen LogP contribution >= 0.6 is 0 Å². The third kappa shape index (κ3) is 4.17. The lowest BCUT2D eigenvalue weighted by Crippen LogP contribution is -2.31. The molecule has 7 nitrogen and oxygen atoms in total. The first-order chi connectivity index (χ1) is 12.2. The van der Waals surface area contributed by atoms with Gasteiger partial charge in [0.05, 0.1) is 20.3 Å². The van der Waals surface area contributed by atoms with Crippen molar-refractivity contribution in [1.82, 2.24) is 15.1 Å². The highest BCUT2D eigenvalue weighted by molar-refractivity contribution is 5.94. The zero-order valence-corrected chi connectivity index (χ0v) is 14.3. The summed E-state index contributed by atoms with van der Waals surface area (Å²) in [6, 6.07) is 10.6. The molecule has 1 saturated heterocycles. The molecule has 1 amide bonds. The van der Waals surface area contributed by atoms with Crippen LogP contribution in [0, 0.1) is 0 Å². The van der Waals surface area contributed by atoms with Gasteiger partial charge in [-0.2, -0.15) is 0 Å². The Bertz CT molecular complexity index is 703. The smallest absolute Gasteiger partial charge is 0.253 e. The second-order valence-corrected chi connectivity index (χ2v) is 5.65. The molecule has 1 atom stereocenters. The summed E-state index contributed by atoms with van der Waals surface area (Å²) in [5, 5.41) is 7.83. The number of aromatic nitrogens is 2. The Kier molecular flexibility index (Phi) is 5.33. The average molecular weight is 343 g/mol. The molecule has 0 bridgehead atoms. The molecule has 0 saturated carbocycles. The highest BCUT2D eigenvalue weighted by atomic mass is 16.5. The number of methoxy groups -OCH3 is 1. The van der Waals surface area contributed by atoms with Crippen molar-refractivity contribution in [2.24, 2.45) is 0 Å². The first-order valence-electron chi connectivity index (χ1n) is 8.26. The largest absolute Gasteiger partial charge is 0.494 e. The summed E-state index contributed by atoms with van der Waals surface area (Å²) in [5.41, 5.74) is 0.647. The number of likely N-dealkylation sites (tertiary alicyclic amines) is 1. The van der Waals surface area contributed by atoms with E-state index in [1.54, 1.807) is 29.2 Å². The standard InChI is InChI=1S/C18H21N3O4/c1-3-24-14-6-4-13(5-7-14)18(22)21-11-10-15(12-21)25-17-9-8-16(23-2)19-20-17/h4-9,15H,3,10-12H2,1-2H3. The van der Waals surface area contributed by atoms with E-state index in [4.69, 9.17) is 14.2 Å². The van der Waals surface area contributed by atoms with Crippen LogP contribution in [0.25, 0.3) is 0 Å². The molecule has 1 aliphatic rings. The summed E-state index contributed by atoms with van der Waals surface area (Å²) in [6.07, 6.45) is 0.672. The van der Waals surface area contributed by atoms with Crippen molar-refractivity contribution in [3.05, 3.63) is 42.0 Å². The van der Waals surface area contributed by atoms with E-state index in [9.17, 15) is 4.79 Å². The number of hydrogen-bond acceptors (Lipinski definition) is 6. The van der Waals surface area contributed by atoms with Crippen molar-refractivity contribution in [1.29, 1.82) is 0 Å². The number of rotatable bonds is 6. The minimum atomic E-state index is -0.0886. The minimum Gasteiger partial charge on any atom is -0.494 e. The normalized spacial score (nSPS) is 16.6. The van der Waals surface area contributed by atoms with E-state index in [2.05, 4.69) is 10.2 Å². The topological polar surface area (TPSA) is 73.8 Å². The van der Waals surface area contributed by atoms with E-state index in [0.717, 1.165) is 12.2 Å². The summed E-state index contributed by atoms with van der Waals surface area (Å²) in [7, 11) is 1.53. The van der Waals surface area contributed by atoms with Crippen LogP contribution in [0.1, 0.15) is 23.7 Å². The van der Waals surface area contributed by atoms with Crippen LogP contribution in [0.4, 0.5) is 0 Å². The maximum Gasteiger partial charge on any atom is 0.253 e. The molecular weight excluding hydrogens is 322 g/mol. The molecule has 1 aromatic carbocycles. The molecule has 0 N–H and O–H groups in total. The van der Waals surface area contributed by atoms with E-state index in [1.165, 1.54) is 7.11 Å². The van der Waals surface area contributed by atoms with Crippen LogP contribution in [-0.4, -0.2) is 53.9 Å². The van der Waals surface area contributed by atoms with Gasteiger partial charge in [-0.15, -0.1) is 10.2 Å². The Balaban J connectivity index is 1.56. The monoisotopic (exact) mass is 343 g/mol. The summed E-state index contributed by atoms with van der Waals surface area (Å²) in [6.45, 7) is 3.71. The summed E-state index contributed by atoms with van der Waals surface area (Å²) >= 11 is 0. The highest BCUT2D eigenvalue weighted by Crippen LogP contribution is 2.20. The molecule has 0 aliphatic carbocycles. The van der Waals surface area contributed by atoms with Crippen molar-refractivity contribution < 1.29 is 19.0 Å². The Labute approximate surface area is 146 Å². The summed E-state index contributed by atoms with van der Waals surface area (Å²) < 4.78 is 16.2. The lowest BCUT2D eigenvalue weighted by Gasteiger charge is -2.17. The van der Waals surface area contributed by atoms with E-state index in [-0.39, 0.29) is 12.0 Å². The lowest BCUT2D eigenvalue weighted by molar-refractivity contribution is 0.0771. The van der Waals surface area contributed by atoms with Gasteiger partial charge in [-0.05, 0) is 31.2 Å². The predicted molar refractivity (Wildman–Crippen MR) is 91.1 cm³/mol. The van der Waals surface area contributed by atoms with Gasteiger partial charge in [0.15, 0.2) is 0 Å². The fraction of sp³-hybridized carbons (Fsp3) is 0.389. The van der Waals surface area contributed by atoms with Crippen molar-refractivity contribution in [3.8, 4) is 17.5 Å². The number of amides is 1. The molecule has 2 heterocycles. The molecule has 2 aromatic rings. The van der Waals surface area contributed by atoms with E-state index >= 15 is 0 Å². The van der Waals surface area contributed by atoms with E-state index in [0.29, 0.717) is 37.0 Å². The molecule has 1 unspecified atom stereocenters. The van der Waals surface area contributed by atoms with Gasteiger partial charge in [0.25, 0.3) is 5.91 Å². The predicted octanol–water partition coefficient (Wildman–Crippen LogP) is 2.18. The van der Waals surface area contributed by atoms with Gasteiger partial charge in [0.1, 0.15) is 11.9 Å². The van der Waals surface area contributed by atoms with Crippen LogP contribution in [0.2, 0.25) is 0 Å². The SMILES string of the molecule is CCOc1ccc(C(=O)N2CCC(Oc3ccc(OC)nn3)C2)cc1. The maximum absolute atomic E-state index is 12.6. The van der Waals surface area contributed by atoms with Gasteiger partial charge in [0.2, 0.25) is 11.8 Å². The quantitative estimate of drug-likeness (QED) is 0.800. The Hall–Kier alpha value is -2.83. The van der Waals surface area contributed by atoms with Crippen molar-refractivity contribution in [3.63, 3.8) is 0 Å². The van der Waals surface area contributed by atoms with Crippen LogP contribution in [0.3, 0.4) is 0 Å². The van der Waals surface area contributed by atoms with Crippen LogP contribution in [0.5, 0.6) is 17.5 Å². The molecule has 7 heteroatoms. The summed E-state index contributed by atoms with van der Waals surface area (Å²) in [5.74, 6) is 1.63. The first kappa shape index (κ1) is 17.0. The molecular formula is C18H21N3O4. The third-order valence-corrected chi connectivity index (χ3v) is 3.96. The molecule has 1 aromatic heterocycles. The van der Waals surface area contributed by atoms with Crippen molar-refractivity contribution >= 4 is 5.91 Å². The number of carbonyl (C=O) groups is 1. The van der Waals surface area contributed by atoms with Gasteiger partial charge >= 0.3 is 0 Å². The Morgan fingerprint density at radius 3 is 2.52 bits per heavy atom. The van der Waals surface area contributed by atoms with Crippen LogP contribution in [-0.2, 0) is 0 Å². The molecule has 0 spiro atoms. The minimum absolute atomic E-state index is 0.00466. The number of nitrogens with zero attached hydrogens (tertiary/aromatic N) is 3. The van der Waals surface area contributed by atoms with Gasteiger partial charge < -0.3 is 19.1 Å². The Morgan fingerprint density at radius 2 is 1.88 bits per heavy atom. The van der Waals surface area contributed by atoms with E-state index in [1.807, 2.05) is 19.1 Å². The lowest BCUT2D eigenvalue weighted by atomic mass is 10.2. The van der Waals surface area contributed by atoms with Gasteiger partial charge in [-0.25, -0.2) is 0 Å².